The van der Waals surface area contributed by atoms with Crippen LogP contribution in [0.3, 0.4) is 0 Å². The summed E-state index contributed by atoms with van der Waals surface area (Å²) >= 11 is 6.45. The summed E-state index contributed by atoms with van der Waals surface area (Å²) in [4.78, 5) is 11.8. The van der Waals surface area contributed by atoms with Crippen LogP contribution in [0.4, 0.5) is 0 Å². The molecule has 0 aromatic carbocycles. The maximum Gasteiger partial charge on any atom is 0.533 e. The Morgan fingerprint density at radius 2 is 1.50 bits per heavy atom. The lowest BCUT2D eigenvalue weighted by Crippen LogP contribution is -2.67. The van der Waals surface area contributed by atoms with Gasteiger partial charge in [0.2, 0.25) is 5.91 Å². The lowest BCUT2D eigenvalue weighted by molar-refractivity contribution is -0.120. The quantitative estimate of drug-likeness (QED) is 0.493. The largest absolute Gasteiger partial charge is 0.533 e. The number of rotatable bonds is 10. The Bertz CT molecular complexity index is 250. The van der Waals surface area contributed by atoms with Crippen LogP contribution in [0, 0.1) is 0 Å². The van der Waals surface area contributed by atoms with E-state index in [9.17, 15) is 4.79 Å². The molecule has 0 saturated carbocycles. The van der Waals surface area contributed by atoms with Crippen LogP contribution in [0.5, 0.6) is 0 Å². The summed E-state index contributed by atoms with van der Waals surface area (Å²) in [6, 6.07) is 0. The molecule has 1 atom stereocenters. The summed E-state index contributed by atoms with van der Waals surface area (Å²) in [5.41, 5.74) is 5.46. The van der Waals surface area contributed by atoms with E-state index in [1.54, 1.807) is 0 Å². The standard InChI is InChI=1S/C11H24ClNO4Si/c1-5-9-11(12,10(13)14)18(15-6-2,16-7-3)17-8-4/h5-9H2,1-4H3,(H2,13,14). The summed E-state index contributed by atoms with van der Waals surface area (Å²) in [5.74, 6) is -0.645. The predicted octanol–water partition coefficient (Wildman–Crippen LogP) is 1.84. The fourth-order valence-corrected chi connectivity index (χ4v) is 5.42. The Morgan fingerprint density at radius 3 is 1.72 bits per heavy atom. The molecule has 2 N–H and O–H groups in total. The molecule has 0 spiro atoms. The number of alkyl halides is 1. The molecule has 0 radical (unpaired) electrons. The molecular formula is C11H24ClNO4Si. The van der Waals surface area contributed by atoms with Gasteiger partial charge < -0.3 is 19.0 Å². The van der Waals surface area contributed by atoms with Crippen molar-refractivity contribution >= 4 is 26.3 Å². The summed E-state index contributed by atoms with van der Waals surface area (Å²) in [5, 5.41) is 0. The van der Waals surface area contributed by atoms with Crippen LogP contribution < -0.4 is 5.73 Å². The first-order valence-corrected chi connectivity index (χ1v) is 8.44. The van der Waals surface area contributed by atoms with Crippen molar-refractivity contribution in [3.63, 3.8) is 0 Å². The Labute approximate surface area is 115 Å². The summed E-state index contributed by atoms with van der Waals surface area (Å²) in [6.07, 6.45) is 1.06. The molecule has 0 heterocycles. The van der Waals surface area contributed by atoms with E-state index in [2.05, 4.69) is 0 Å². The van der Waals surface area contributed by atoms with E-state index in [-0.39, 0.29) is 0 Å². The molecule has 0 aromatic heterocycles. The average Bonchev–Trinajstić information content (AvgIpc) is 2.29. The van der Waals surface area contributed by atoms with E-state index < -0.39 is 19.2 Å². The molecule has 108 valence electrons. The van der Waals surface area contributed by atoms with Crippen molar-refractivity contribution in [2.45, 2.75) is 45.0 Å². The van der Waals surface area contributed by atoms with Crippen LogP contribution in [0.2, 0.25) is 0 Å². The van der Waals surface area contributed by atoms with Crippen LogP contribution in [0.1, 0.15) is 40.5 Å². The second-order valence-corrected chi connectivity index (χ2v) is 7.56. The molecule has 0 aliphatic carbocycles. The van der Waals surface area contributed by atoms with Gasteiger partial charge in [-0.3, -0.25) is 4.79 Å². The van der Waals surface area contributed by atoms with Crippen molar-refractivity contribution in [2.75, 3.05) is 19.8 Å². The number of carbonyl (C=O) groups is 1. The number of amides is 1. The Balaban J connectivity index is 5.49. The topological polar surface area (TPSA) is 70.8 Å². The number of hydrogen-bond donors (Lipinski definition) is 1. The number of hydrogen-bond acceptors (Lipinski definition) is 4. The van der Waals surface area contributed by atoms with Gasteiger partial charge in [0.15, 0.2) is 4.50 Å². The maximum atomic E-state index is 11.8. The molecule has 0 saturated heterocycles. The first-order valence-electron chi connectivity index (χ1n) is 6.34. The maximum absolute atomic E-state index is 11.8. The highest BCUT2D eigenvalue weighted by Gasteiger charge is 2.64. The van der Waals surface area contributed by atoms with E-state index >= 15 is 0 Å². The Hall–Kier alpha value is -0.143. The van der Waals surface area contributed by atoms with E-state index in [0.717, 1.165) is 0 Å². The van der Waals surface area contributed by atoms with Crippen molar-refractivity contribution in [3.05, 3.63) is 0 Å². The summed E-state index contributed by atoms with van der Waals surface area (Å²) in [6.45, 7) is 8.42. The molecule has 0 fully saturated rings. The summed E-state index contributed by atoms with van der Waals surface area (Å²) in [7, 11) is -3.34. The SMILES string of the molecule is CCCC(Cl)(C(N)=O)[Si](OCC)(OCC)OCC. The van der Waals surface area contributed by atoms with Crippen LogP contribution in [-0.4, -0.2) is 39.0 Å². The highest BCUT2D eigenvalue weighted by atomic mass is 35.5. The second kappa shape index (κ2) is 8.11. The predicted molar refractivity (Wildman–Crippen MR) is 73.3 cm³/mol. The first-order chi connectivity index (χ1) is 8.44. The van der Waals surface area contributed by atoms with Crippen molar-refractivity contribution in [1.29, 1.82) is 0 Å². The number of carbonyl (C=O) groups excluding carboxylic acids is 1. The van der Waals surface area contributed by atoms with Gasteiger partial charge in [0.1, 0.15) is 0 Å². The smallest absolute Gasteiger partial charge is 0.372 e. The zero-order valence-electron chi connectivity index (χ0n) is 11.6. The van der Waals surface area contributed by atoms with Crippen molar-refractivity contribution in [3.8, 4) is 0 Å². The number of nitrogens with two attached hydrogens (primary N) is 1. The van der Waals surface area contributed by atoms with Crippen molar-refractivity contribution in [1.82, 2.24) is 0 Å². The highest BCUT2D eigenvalue weighted by molar-refractivity contribution is 6.79. The van der Waals surface area contributed by atoms with Gasteiger partial charge in [-0.1, -0.05) is 13.3 Å². The minimum Gasteiger partial charge on any atom is -0.372 e. The van der Waals surface area contributed by atoms with Crippen molar-refractivity contribution < 1.29 is 18.1 Å². The second-order valence-electron chi connectivity index (χ2n) is 3.77. The van der Waals surface area contributed by atoms with Crippen LogP contribution in [-0.2, 0) is 18.1 Å². The van der Waals surface area contributed by atoms with E-state index in [4.69, 9.17) is 30.6 Å². The third kappa shape index (κ3) is 3.68. The van der Waals surface area contributed by atoms with Gasteiger partial charge >= 0.3 is 8.80 Å². The third-order valence-corrected chi connectivity index (χ3v) is 7.02. The average molecular weight is 298 g/mol. The van der Waals surface area contributed by atoms with Gasteiger partial charge in [0.05, 0.1) is 0 Å². The van der Waals surface area contributed by atoms with Gasteiger partial charge in [-0.25, -0.2) is 0 Å². The fraction of sp³-hybridized carbons (Fsp3) is 0.909. The van der Waals surface area contributed by atoms with E-state index in [1.807, 2.05) is 27.7 Å². The molecule has 0 rings (SSSR count). The minimum atomic E-state index is -3.34. The van der Waals surface area contributed by atoms with Gasteiger partial charge in [-0.15, -0.1) is 11.6 Å². The molecule has 0 aromatic rings. The first kappa shape index (κ1) is 17.9. The normalized spacial score (nSPS) is 15.4. The minimum absolute atomic E-state index is 0.359. The lowest BCUT2D eigenvalue weighted by atomic mass is 10.2. The Kier molecular flexibility index (Phi) is 8.05. The summed E-state index contributed by atoms with van der Waals surface area (Å²) < 4.78 is 15.6. The molecule has 18 heavy (non-hydrogen) atoms. The van der Waals surface area contributed by atoms with E-state index in [0.29, 0.717) is 32.7 Å². The van der Waals surface area contributed by atoms with Crippen molar-refractivity contribution in [2.24, 2.45) is 5.73 Å². The van der Waals surface area contributed by atoms with Gasteiger partial charge in [-0.05, 0) is 27.2 Å². The zero-order chi connectivity index (χ0) is 14.2. The van der Waals surface area contributed by atoms with E-state index in [1.165, 1.54) is 0 Å². The number of halogens is 1. The molecule has 0 aliphatic rings. The zero-order valence-corrected chi connectivity index (χ0v) is 13.4. The van der Waals surface area contributed by atoms with Crippen LogP contribution in [0.15, 0.2) is 0 Å². The molecule has 0 bridgehead atoms. The van der Waals surface area contributed by atoms with Crippen LogP contribution >= 0.6 is 11.6 Å². The van der Waals surface area contributed by atoms with Gasteiger partial charge in [0, 0.05) is 19.8 Å². The highest BCUT2D eigenvalue weighted by Crippen LogP contribution is 2.35. The molecule has 1 amide bonds. The van der Waals surface area contributed by atoms with Crippen LogP contribution in [0.25, 0.3) is 0 Å². The van der Waals surface area contributed by atoms with Gasteiger partial charge in [-0.2, -0.15) is 0 Å². The molecule has 7 heteroatoms. The van der Waals surface area contributed by atoms with Gasteiger partial charge in [0.25, 0.3) is 0 Å². The molecule has 0 aliphatic heterocycles. The molecule has 1 unspecified atom stereocenters. The lowest BCUT2D eigenvalue weighted by Gasteiger charge is -2.38. The molecular weight excluding hydrogens is 274 g/mol. The fourth-order valence-electron chi connectivity index (χ4n) is 1.81. The Morgan fingerprint density at radius 1 is 1.11 bits per heavy atom. The third-order valence-electron chi connectivity index (χ3n) is 2.47. The molecule has 5 nitrogen and oxygen atoms in total. The number of primary amides is 1. The monoisotopic (exact) mass is 297 g/mol.